The highest BCUT2D eigenvalue weighted by molar-refractivity contribution is 7.80. The molecule has 0 spiro atoms. The Morgan fingerprint density at radius 1 is 1.33 bits per heavy atom. The molecule has 1 aromatic carbocycles. The number of nitrogens with zero attached hydrogens (tertiary/aromatic N) is 1. The average molecular weight is 304 g/mol. The summed E-state index contributed by atoms with van der Waals surface area (Å²) in [5.74, 6) is 1.21. The van der Waals surface area contributed by atoms with Crippen LogP contribution in [0.5, 0.6) is 5.75 Å². The Morgan fingerprint density at radius 2 is 2.00 bits per heavy atom. The van der Waals surface area contributed by atoms with E-state index in [2.05, 4.69) is 19.2 Å². The molecule has 1 heterocycles. The molecule has 0 aromatic heterocycles. The lowest BCUT2D eigenvalue weighted by Gasteiger charge is -2.18. The first-order valence-corrected chi connectivity index (χ1v) is 7.40. The van der Waals surface area contributed by atoms with Crippen molar-refractivity contribution in [2.75, 3.05) is 13.7 Å². The Morgan fingerprint density at radius 3 is 2.57 bits per heavy atom. The largest absolute Gasteiger partial charge is 0.497 e. The standard InChI is InChI=1S/C16H20N2O2S/c1-11(2)8-9-18-14(15(19)17-16(18)21)10-12-4-6-13(20-3)7-5-12/h4-7,10-11H,8-9H2,1-3H3,(H,17,19,21)/b14-10+. The molecule has 1 aliphatic rings. The van der Waals surface area contributed by atoms with E-state index in [0.29, 0.717) is 16.7 Å². The summed E-state index contributed by atoms with van der Waals surface area (Å²) >= 11 is 5.24. The molecule has 21 heavy (non-hydrogen) atoms. The molecule has 1 N–H and O–H groups in total. The molecule has 0 atom stereocenters. The molecular formula is C16H20N2O2S. The lowest BCUT2D eigenvalue weighted by Crippen LogP contribution is -2.28. The molecule has 5 heteroatoms. The molecule has 1 saturated heterocycles. The van der Waals surface area contributed by atoms with Crippen LogP contribution in [-0.2, 0) is 4.79 Å². The third-order valence-corrected chi connectivity index (χ3v) is 3.66. The second kappa shape index (κ2) is 6.72. The van der Waals surface area contributed by atoms with Crippen molar-refractivity contribution in [1.29, 1.82) is 0 Å². The van der Waals surface area contributed by atoms with Crippen LogP contribution in [0.25, 0.3) is 6.08 Å². The van der Waals surface area contributed by atoms with Gasteiger partial charge in [0.2, 0.25) is 0 Å². The van der Waals surface area contributed by atoms with Gasteiger partial charge in [0.25, 0.3) is 5.91 Å². The number of ether oxygens (including phenoxy) is 1. The number of methoxy groups -OCH3 is 1. The van der Waals surface area contributed by atoms with Gasteiger partial charge in [-0.2, -0.15) is 0 Å². The Bertz CT molecular complexity index is 564. The van der Waals surface area contributed by atoms with Crippen LogP contribution in [0.3, 0.4) is 0 Å². The van der Waals surface area contributed by atoms with Gasteiger partial charge in [0, 0.05) is 6.54 Å². The van der Waals surface area contributed by atoms with Gasteiger partial charge in [-0.05, 0) is 48.3 Å². The molecule has 0 bridgehead atoms. The zero-order valence-electron chi connectivity index (χ0n) is 12.6. The number of hydrogen-bond acceptors (Lipinski definition) is 3. The van der Waals surface area contributed by atoms with Crippen LogP contribution in [-0.4, -0.2) is 29.6 Å². The minimum Gasteiger partial charge on any atom is -0.497 e. The first-order valence-electron chi connectivity index (χ1n) is 7.00. The third-order valence-electron chi connectivity index (χ3n) is 3.34. The minimum absolute atomic E-state index is 0.139. The van der Waals surface area contributed by atoms with Crippen molar-refractivity contribution in [1.82, 2.24) is 10.2 Å². The summed E-state index contributed by atoms with van der Waals surface area (Å²) in [6.45, 7) is 5.06. The lowest BCUT2D eigenvalue weighted by atomic mass is 10.1. The van der Waals surface area contributed by atoms with Crippen molar-refractivity contribution in [3.05, 3.63) is 35.5 Å². The predicted octanol–water partition coefficient (Wildman–Crippen LogP) is 2.80. The summed E-state index contributed by atoms with van der Waals surface area (Å²) in [5, 5.41) is 3.20. The molecule has 1 fully saturated rings. The van der Waals surface area contributed by atoms with Crippen LogP contribution in [0, 0.1) is 5.92 Å². The molecule has 0 aliphatic carbocycles. The maximum absolute atomic E-state index is 12.0. The first kappa shape index (κ1) is 15.5. The quantitative estimate of drug-likeness (QED) is 0.671. The van der Waals surface area contributed by atoms with Crippen LogP contribution in [0.15, 0.2) is 30.0 Å². The second-order valence-electron chi connectivity index (χ2n) is 5.40. The van der Waals surface area contributed by atoms with Crippen molar-refractivity contribution < 1.29 is 9.53 Å². The maximum Gasteiger partial charge on any atom is 0.274 e. The predicted molar refractivity (Wildman–Crippen MR) is 87.9 cm³/mol. The normalized spacial score (nSPS) is 16.8. The van der Waals surface area contributed by atoms with Crippen molar-refractivity contribution >= 4 is 29.3 Å². The SMILES string of the molecule is COc1ccc(/C=C2\C(=O)NC(=S)N2CCC(C)C)cc1. The van der Waals surface area contributed by atoms with Gasteiger partial charge in [-0.1, -0.05) is 26.0 Å². The van der Waals surface area contributed by atoms with Gasteiger partial charge in [-0.3, -0.25) is 10.1 Å². The van der Waals surface area contributed by atoms with E-state index in [0.717, 1.165) is 24.3 Å². The Labute approximate surface area is 130 Å². The fraction of sp³-hybridized carbons (Fsp3) is 0.375. The lowest BCUT2D eigenvalue weighted by molar-refractivity contribution is -0.115. The van der Waals surface area contributed by atoms with E-state index >= 15 is 0 Å². The summed E-state index contributed by atoms with van der Waals surface area (Å²) in [5.41, 5.74) is 1.55. The summed E-state index contributed by atoms with van der Waals surface area (Å²) in [4.78, 5) is 13.9. The van der Waals surface area contributed by atoms with E-state index in [1.807, 2.05) is 35.2 Å². The molecule has 2 rings (SSSR count). The zero-order chi connectivity index (χ0) is 15.4. The zero-order valence-corrected chi connectivity index (χ0v) is 13.4. The van der Waals surface area contributed by atoms with Gasteiger partial charge in [-0.25, -0.2) is 0 Å². The number of rotatable bonds is 5. The van der Waals surface area contributed by atoms with E-state index in [1.54, 1.807) is 7.11 Å². The molecule has 1 aliphatic heterocycles. The van der Waals surface area contributed by atoms with Gasteiger partial charge in [0.05, 0.1) is 7.11 Å². The smallest absolute Gasteiger partial charge is 0.274 e. The van der Waals surface area contributed by atoms with Gasteiger partial charge < -0.3 is 9.64 Å². The van der Waals surface area contributed by atoms with Crippen molar-refractivity contribution in [3.8, 4) is 5.75 Å². The van der Waals surface area contributed by atoms with Gasteiger partial charge in [-0.15, -0.1) is 0 Å². The molecule has 0 saturated carbocycles. The number of hydrogen-bond donors (Lipinski definition) is 1. The molecular weight excluding hydrogens is 284 g/mol. The number of carbonyl (C=O) groups excluding carboxylic acids is 1. The first-order chi connectivity index (χ1) is 10.0. The average Bonchev–Trinajstić information content (AvgIpc) is 2.72. The highest BCUT2D eigenvalue weighted by Gasteiger charge is 2.29. The van der Waals surface area contributed by atoms with Crippen molar-refractivity contribution in [2.45, 2.75) is 20.3 Å². The summed E-state index contributed by atoms with van der Waals surface area (Å²) < 4.78 is 5.13. The van der Waals surface area contributed by atoms with Crippen LogP contribution < -0.4 is 10.1 Å². The number of carbonyl (C=O) groups is 1. The third kappa shape index (κ3) is 3.82. The number of nitrogens with one attached hydrogen (secondary N) is 1. The van der Waals surface area contributed by atoms with Gasteiger partial charge >= 0.3 is 0 Å². The summed E-state index contributed by atoms with van der Waals surface area (Å²) in [6, 6.07) is 7.58. The van der Waals surface area contributed by atoms with Crippen LogP contribution in [0.2, 0.25) is 0 Å². The highest BCUT2D eigenvalue weighted by atomic mass is 32.1. The van der Waals surface area contributed by atoms with E-state index in [1.165, 1.54) is 0 Å². The van der Waals surface area contributed by atoms with Gasteiger partial charge in [0.1, 0.15) is 11.4 Å². The van der Waals surface area contributed by atoms with Gasteiger partial charge in [0.15, 0.2) is 5.11 Å². The second-order valence-corrected chi connectivity index (χ2v) is 5.78. The molecule has 0 radical (unpaired) electrons. The van der Waals surface area contributed by atoms with E-state index in [4.69, 9.17) is 17.0 Å². The fourth-order valence-corrected chi connectivity index (χ4v) is 2.35. The topological polar surface area (TPSA) is 41.6 Å². The fourth-order valence-electron chi connectivity index (χ4n) is 2.07. The molecule has 4 nitrogen and oxygen atoms in total. The molecule has 0 unspecified atom stereocenters. The van der Waals surface area contributed by atoms with Crippen molar-refractivity contribution in [2.24, 2.45) is 5.92 Å². The number of benzene rings is 1. The van der Waals surface area contributed by atoms with Crippen LogP contribution in [0.1, 0.15) is 25.8 Å². The highest BCUT2D eigenvalue weighted by Crippen LogP contribution is 2.20. The number of amides is 1. The monoisotopic (exact) mass is 304 g/mol. The van der Waals surface area contributed by atoms with Crippen LogP contribution >= 0.6 is 12.2 Å². The Balaban J connectivity index is 2.22. The minimum atomic E-state index is -0.139. The summed E-state index contributed by atoms with van der Waals surface area (Å²) in [6.07, 6.45) is 2.84. The van der Waals surface area contributed by atoms with Crippen LogP contribution in [0.4, 0.5) is 0 Å². The summed E-state index contributed by atoms with van der Waals surface area (Å²) in [7, 11) is 1.63. The van der Waals surface area contributed by atoms with Crippen molar-refractivity contribution in [3.63, 3.8) is 0 Å². The van der Waals surface area contributed by atoms with E-state index in [-0.39, 0.29) is 5.91 Å². The van der Waals surface area contributed by atoms with E-state index in [9.17, 15) is 4.79 Å². The van der Waals surface area contributed by atoms with E-state index < -0.39 is 0 Å². The molecule has 1 aromatic rings. The Kier molecular flexibility index (Phi) is 4.96. The molecule has 112 valence electrons. The number of thiocarbonyl (C=S) groups is 1. The Hall–Kier alpha value is -1.88. The molecule has 1 amide bonds. The maximum atomic E-state index is 12.0.